The van der Waals surface area contributed by atoms with Crippen LogP contribution in [0.5, 0.6) is 0 Å². The van der Waals surface area contributed by atoms with Crippen LogP contribution in [0.3, 0.4) is 0 Å². The van der Waals surface area contributed by atoms with Crippen molar-refractivity contribution in [2.45, 2.75) is 45.6 Å². The molecule has 0 saturated heterocycles. The summed E-state index contributed by atoms with van der Waals surface area (Å²) in [6.45, 7) is 4.27. The molecule has 1 rings (SSSR count). The van der Waals surface area contributed by atoms with Crippen molar-refractivity contribution in [2.75, 3.05) is 6.54 Å². The Morgan fingerprint density at radius 3 is 2.10 bits per heavy atom. The van der Waals surface area contributed by atoms with E-state index in [4.69, 9.17) is 11.5 Å². The molecule has 2 amide bonds. The van der Waals surface area contributed by atoms with Gasteiger partial charge in [-0.3, -0.25) is 9.59 Å². The summed E-state index contributed by atoms with van der Waals surface area (Å²) in [6, 6.07) is 8.62. The third-order valence-corrected chi connectivity index (χ3v) is 2.85. The third-order valence-electron chi connectivity index (χ3n) is 2.85. The van der Waals surface area contributed by atoms with Gasteiger partial charge in [-0.05, 0) is 5.56 Å². The normalized spacial score (nSPS) is 11.0. The predicted molar refractivity (Wildman–Crippen MR) is 85.5 cm³/mol. The lowest BCUT2D eigenvalue weighted by Crippen LogP contribution is -2.47. The van der Waals surface area contributed by atoms with Gasteiger partial charge in [-0.15, -0.1) is 0 Å². The van der Waals surface area contributed by atoms with E-state index in [-0.39, 0.29) is 12.5 Å². The van der Waals surface area contributed by atoms with Gasteiger partial charge in [-0.2, -0.15) is 0 Å². The van der Waals surface area contributed by atoms with Crippen molar-refractivity contribution < 1.29 is 9.59 Å². The molecule has 1 aromatic carbocycles. The fraction of sp³-hybridized carbons (Fsp3) is 0.500. The first-order chi connectivity index (χ1) is 10.0. The van der Waals surface area contributed by atoms with Crippen LogP contribution in [-0.4, -0.2) is 24.4 Å². The first kappa shape index (κ1) is 19.1. The zero-order chi connectivity index (χ0) is 16.1. The Bertz CT molecular complexity index is 405. The minimum Gasteiger partial charge on any atom is -0.368 e. The van der Waals surface area contributed by atoms with Crippen LogP contribution in [0.25, 0.3) is 0 Å². The minimum absolute atomic E-state index is 0.154. The molecule has 21 heavy (non-hydrogen) atoms. The molecule has 0 saturated carbocycles. The molecule has 0 aromatic heterocycles. The number of hydrogen-bond donors (Lipinski definition) is 3. The van der Waals surface area contributed by atoms with Crippen LogP contribution in [0.4, 0.5) is 0 Å². The molecule has 0 bridgehead atoms. The topological polar surface area (TPSA) is 98.2 Å². The maximum absolute atomic E-state index is 11.1. The van der Waals surface area contributed by atoms with Crippen molar-refractivity contribution in [1.82, 2.24) is 5.32 Å². The van der Waals surface area contributed by atoms with Gasteiger partial charge in [0.2, 0.25) is 11.8 Å². The highest BCUT2D eigenvalue weighted by Crippen LogP contribution is 2.02. The van der Waals surface area contributed by atoms with Crippen molar-refractivity contribution in [3.8, 4) is 0 Å². The van der Waals surface area contributed by atoms with Crippen LogP contribution in [0.1, 0.15) is 38.7 Å². The number of carbonyl (C=O) groups is 2. The van der Waals surface area contributed by atoms with Crippen molar-refractivity contribution in [3.05, 3.63) is 35.9 Å². The predicted octanol–water partition coefficient (Wildman–Crippen LogP) is 1.35. The summed E-state index contributed by atoms with van der Waals surface area (Å²) in [5, 5.41) is 2.48. The SMILES string of the molecule is CCCCC.NCC(=O)NC(Cc1ccccc1)C(N)=O. The fourth-order valence-corrected chi connectivity index (χ4v) is 1.68. The van der Waals surface area contributed by atoms with Gasteiger partial charge in [0.05, 0.1) is 6.54 Å². The van der Waals surface area contributed by atoms with Crippen LogP contribution >= 0.6 is 0 Å². The maximum atomic E-state index is 11.1. The van der Waals surface area contributed by atoms with Crippen LogP contribution in [0.15, 0.2) is 30.3 Å². The molecule has 0 radical (unpaired) electrons. The molecule has 0 aliphatic carbocycles. The molecule has 1 aromatic rings. The molecule has 0 heterocycles. The fourth-order valence-electron chi connectivity index (χ4n) is 1.68. The monoisotopic (exact) mass is 293 g/mol. The molecular formula is C16H27N3O2. The van der Waals surface area contributed by atoms with Crippen LogP contribution in [0.2, 0.25) is 0 Å². The van der Waals surface area contributed by atoms with E-state index >= 15 is 0 Å². The Balaban J connectivity index is 0.000000690. The van der Waals surface area contributed by atoms with E-state index in [0.29, 0.717) is 6.42 Å². The Morgan fingerprint density at radius 1 is 1.14 bits per heavy atom. The summed E-state index contributed by atoms with van der Waals surface area (Å²) >= 11 is 0. The van der Waals surface area contributed by atoms with E-state index < -0.39 is 11.9 Å². The molecule has 1 atom stereocenters. The summed E-state index contributed by atoms with van der Waals surface area (Å²) in [6.07, 6.45) is 4.45. The Kier molecular flexibility index (Phi) is 10.8. The van der Waals surface area contributed by atoms with E-state index in [2.05, 4.69) is 19.2 Å². The maximum Gasteiger partial charge on any atom is 0.240 e. The molecule has 0 spiro atoms. The van der Waals surface area contributed by atoms with E-state index in [9.17, 15) is 9.59 Å². The number of rotatable bonds is 7. The zero-order valence-electron chi connectivity index (χ0n) is 13.0. The molecule has 0 aliphatic rings. The van der Waals surface area contributed by atoms with E-state index in [1.165, 1.54) is 19.3 Å². The zero-order valence-corrected chi connectivity index (χ0v) is 13.0. The first-order valence-electron chi connectivity index (χ1n) is 7.37. The molecule has 118 valence electrons. The van der Waals surface area contributed by atoms with Crippen molar-refractivity contribution in [1.29, 1.82) is 0 Å². The lowest BCUT2D eigenvalue weighted by Gasteiger charge is -2.14. The van der Waals surface area contributed by atoms with Gasteiger partial charge < -0.3 is 16.8 Å². The molecular weight excluding hydrogens is 266 g/mol. The second-order valence-corrected chi connectivity index (χ2v) is 4.77. The van der Waals surface area contributed by atoms with Gasteiger partial charge >= 0.3 is 0 Å². The van der Waals surface area contributed by atoms with Crippen LogP contribution in [0, 0.1) is 0 Å². The lowest BCUT2D eigenvalue weighted by molar-refractivity contribution is -0.126. The number of nitrogens with two attached hydrogens (primary N) is 2. The van der Waals surface area contributed by atoms with Gasteiger partial charge in [0.15, 0.2) is 0 Å². The van der Waals surface area contributed by atoms with Gasteiger partial charge in [0.25, 0.3) is 0 Å². The smallest absolute Gasteiger partial charge is 0.240 e. The van der Waals surface area contributed by atoms with Crippen LogP contribution in [-0.2, 0) is 16.0 Å². The van der Waals surface area contributed by atoms with Gasteiger partial charge in [-0.1, -0.05) is 63.4 Å². The third kappa shape index (κ3) is 9.62. The second-order valence-electron chi connectivity index (χ2n) is 4.77. The molecule has 0 fully saturated rings. The Morgan fingerprint density at radius 2 is 1.71 bits per heavy atom. The number of nitrogens with one attached hydrogen (secondary N) is 1. The number of amides is 2. The summed E-state index contributed by atoms with van der Waals surface area (Å²) in [4.78, 5) is 22.2. The average molecular weight is 293 g/mol. The van der Waals surface area contributed by atoms with Crippen molar-refractivity contribution >= 4 is 11.8 Å². The number of hydrogen-bond acceptors (Lipinski definition) is 3. The Labute approximate surface area is 127 Å². The number of carbonyl (C=O) groups excluding carboxylic acids is 2. The summed E-state index contributed by atoms with van der Waals surface area (Å²) < 4.78 is 0. The Hall–Kier alpha value is -1.88. The van der Waals surface area contributed by atoms with E-state index in [1.54, 1.807) is 0 Å². The van der Waals surface area contributed by atoms with Gasteiger partial charge in [-0.25, -0.2) is 0 Å². The minimum atomic E-state index is -0.710. The van der Waals surface area contributed by atoms with Crippen LogP contribution < -0.4 is 16.8 Å². The molecule has 5 heteroatoms. The highest BCUT2D eigenvalue weighted by atomic mass is 16.2. The largest absolute Gasteiger partial charge is 0.368 e. The molecule has 1 unspecified atom stereocenters. The quantitative estimate of drug-likeness (QED) is 0.707. The highest BCUT2D eigenvalue weighted by Gasteiger charge is 2.17. The summed E-state index contributed by atoms with van der Waals surface area (Å²) in [5.74, 6) is -0.953. The van der Waals surface area contributed by atoms with E-state index in [0.717, 1.165) is 5.56 Å². The number of primary amides is 1. The average Bonchev–Trinajstić information content (AvgIpc) is 2.49. The van der Waals surface area contributed by atoms with Gasteiger partial charge in [0.1, 0.15) is 6.04 Å². The summed E-state index contributed by atoms with van der Waals surface area (Å²) in [5.41, 5.74) is 11.3. The second kappa shape index (κ2) is 11.9. The molecule has 5 N–H and O–H groups in total. The summed E-state index contributed by atoms with van der Waals surface area (Å²) in [7, 11) is 0. The van der Waals surface area contributed by atoms with Crippen molar-refractivity contribution in [3.63, 3.8) is 0 Å². The van der Waals surface area contributed by atoms with Gasteiger partial charge in [0, 0.05) is 6.42 Å². The van der Waals surface area contributed by atoms with Crippen molar-refractivity contribution in [2.24, 2.45) is 11.5 Å². The lowest BCUT2D eigenvalue weighted by atomic mass is 10.1. The highest BCUT2D eigenvalue weighted by molar-refractivity contribution is 5.87. The first-order valence-corrected chi connectivity index (χ1v) is 7.37. The van der Waals surface area contributed by atoms with E-state index in [1.807, 2.05) is 30.3 Å². The standard InChI is InChI=1S/C11H15N3O2.C5H12/c12-7-10(15)14-9(11(13)16)6-8-4-2-1-3-5-8;1-3-5-4-2/h1-5,9H,6-7,12H2,(H2,13,16)(H,14,15);3-5H2,1-2H3. The number of benzene rings is 1. The molecule has 0 aliphatic heterocycles. The number of unbranched alkanes of at least 4 members (excludes halogenated alkanes) is 2. The molecule has 5 nitrogen and oxygen atoms in total.